The van der Waals surface area contributed by atoms with Crippen molar-refractivity contribution in [1.82, 2.24) is 0 Å². The maximum atomic E-state index is 11.9. The Balaban J connectivity index is 2.55. The summed E-state index contributed by atoms with van der Waals surface area (Å²) in [4.78, 5) is 0. The number of hydrogen-bond donors (Lipinski definition) is 0. The molecule has 0 N–H and O–H groups in total. The molecule has 0 aromatic heterocycles. The highest BCUT2D eigenvalue weighted by molar-refractivity contribution is 5.12. The van der Waals surface area contributed by atoms with E-state index in [1.165, 1.54) is 0 Å². The third-order valence-corrected chi connectivity index (χ3v) is 1.24. The van der Waals surface area contributed by atoms with Crippen LogP contribution in [-0.4, -0.2) is 18.3 Å². The fourth-order valence-corrected chi connectivity index (χ4v) is 0.453. The van der Waals surface area contributed by atoms with E-state index in [4.69, 9.17) is 0 Å². The molecule has 0 saturated heterocycles. The van der Waals surface area contributed by atoms with E-state index in [1.807, 2.05) is 0 Å². The molecule has 0 nitrogen and oxygen atoms in total. The van der Waals surface area contributed by atoms with Gasteiger partial charge in [0.25, 0.3) is 5.92 Å². The summed E-state index contributed by atoms with van der Waals surface area (Å²) < 4.78 is 46.2. The van der Waals surface area contributed by atoms with Crippen LogP contribution in [0.4, 0.5) is 17.6 Å². The first-order valence-corrected chi connectivity index (χ1v) is 2.14. The second kappa shape index (κ2) is 1.17. The average molecular weight is 128 g/mol. The molecule has 0 aromatic rings. The summed E-state index contributed by atoms with van der Waals surface area (Å²) in [7, 11) is 0. The molecular formula is C4H4F4. The lowest BCUT2D eigenvalue weighted by Crippen LogP contribution is -2.13. The highest BCUT2D eigenvalue weighted by Crippen LogP contribution is 2.55. The van der Waals surface area contributed by atoms with Gasteiger partial charge in [-0.2, -0.15) is 0 Å². The zero-order valence-electron chi connectivity index (χ0n) is 3.93. The lowest BCUT2D eigenvalue weighted by molar-refractivity contribution is 0.0321. The number of rotatable bonds is 1. The van der Waals surface area contributed by atoms with Crippen LogP contribution in [0.5, 0.6) is 0 Å². The van der Waals surface area contributed by atoms with Crippen LogP contribution in [0.3, 0.4) is 0 Å². The second-order valence-electron chi connectivity index (χ2n) is 1.98. The van der Waals surface area contributed by atoms with Crippen LogP contribution in [0.15, 0.2) is 0 Å². The molecule has 0 aromatic carbocycles. The van der Waals surface area contributed by atoms with E-state index in [1.54, 1.807) is 0 Å². The third-order valence-electron chi connectivity index (χ3n) is 1.24. The van der Waals surface area contributed by atoms with Gasteiger partial charge in [-0.3, -0.25) is 0 Å². The van der Waals surface area contributed by atoms with Crippen molar-refractivity contribution in [1.29, 1.82) is 0 Å². The molecule has 1 aliphatic carbocycles. The van der Waals surface area contributed by atoms with Crippen LogP contribution in [0.2, 0.25) is 0 Å². The topological polar surface area (TPSA) is 0 Å². The molecule has 48 valence electrons. The Labute approximate surface area is 43.5 Å². The smallest absolute Gasteiger partial charge is 0.247 e. The van der Waals surface area contributed by atoms with Crippen molar-refractivity contribution in [3.8, 4) is 0 Å². The van der Waals surface area contributed by atoms with Gasteiger partial charge in [-0.15, -0.1) is 0 Å². The Morgan fingerprint density at radius 2 is 1.62 bits per heavy atom. The van der Waals surface area contributed by atoms with Gasteiger partial charge in [0.15, 0.2) is 0 Å². The van der Waals surface area contributed by atoms with Gasteiger partial charge >= 0.3 is 0 Å². The van der Waals surface area contributed by atoms with E-state index in [2.05, 4.69) is 0 Å². The van der Waals surface area contributed by atoms with Gasteiger partial charge in [0.1, 0.15) is 6.67 Å². The first-order valence-electron chi connectivity index (χ1n) is 2.14. The molecule has 0 radical (unpaired) electrons. The van der Waals surface area contributed by atoms with Gasteiger partial charge < -0.3 is 0 Å². The monoisotopic (exact) mass is 128 g/mol. The molecule has 0 aliphatic heterocycles. The fourth-order valence-electron chi connectivity index (χ4n) is 0.453. The van der Waals surface area contributed by atoms with Crippen molar-refractivity contribution in [2.24, 2.45) is 0 Å². The SMILES string of the molecule is FCC1(F)CC1(F)F. The Morgan fingerprint density at radius 3 is 1.62 bits per heavy atom. The van der Waals surface area contributed by atoms with Crippen LogP contribution in [-0.2, 0) is 0 Å². The third kappa shape index (κ3) is 0.516. The van der Waals surface area contributed by atoms with Crippen LogP contribution < -0.4 is 0 Å². The maximum absolute atomic E-state index is 11.9. The number of alkyl halides is 4. The molecule has 1 saturated carbocycles. The van der Waals surface area contributed by atoms with E-state index in [0.717, 1.165) is 0 Å². The van der Waals surface area contributed by atoms with E-state index < -0.39 is 24.7 Å². The summed E-state index contributed by atoms with van der Waals surface area (Å²) in [6.45, 7) is -1.57. The zero-order chi connectivity index (χ0) is 6.41. The van der Waals surface area contributed by atoms with Crippen molar-refractivity contribution >= 4 is 0 Å². The summed E-state index contributed by atoms with van der Waals surface area (Å²) in [5, 5.41) is 0. The molecule has 0 bridgehead atoms. The van der Waals surface area contributed by atoms with Crippen molar-refractivity contribution in [3.05, 3.63) is 0 Å². The summed E-state index contributed by atoms with van der Waals surface area (Å²) >= 11 is 0. The van der Waals surface area contributed by atoms with Gasteiger partial charge in [0, 0.05) is 0 Å². The van der Waals surface area contributed by atoms with Gasteiger partial charge in [-0.05, 0) is 0 Å². The van der Waals surface area contributed by atoms with Crippen LogP contribution in [0.1, 0.15) is 6.42 Å². The highest BCUT2D eigenvalue weighted by Gasteiger charge is 2.73. The molecule has 0 heterocycles. The standard InChI is InChI=1S/C4H4F4/c5-2-3(6)1-4(3,7)8/h1-2H2. The molecule has 8 heavy (non-hydrogen) atoms. The van der Waals surface area contributed by atoms with Crippen molar-refractivity contribution in [3.63, 3.8) is 0 Å². The molecule has 4 heteroatoms. The lowest BCUT2D eigenvalue weighted by Gasteiger charge is -1.95. The molecular weight excluding hydrogens is 124 g/mol. The second-order valence-corrected chi connectivity index (χ2v) is 1.98. The summed E-state index contributed by atoms with van der Waals surface area (Å²) in [6.07, 6.45) is -0.948. The van der Waals surface area contributed by atoms with Gasteiger partial charge in [0.2, 0.25) is 5.67 Å². The van der Waals surface area contributed by atoms with Crippen molar-refractivity contribution in [2.45, 2.75) is 18.0 Å². The molecule has 1 unspecified atom stereocenters. The Morgan fingerprint density at radius 1 is 1.25 bits per heavy atom. The van der Waals surface area contributed by atoms with E-state index in [0.29, 0.717) is 0 Å². The molecule has 0 spiro atoms. The Hall–Kier alpha value is -0.280. The van der Waals surface area contributed by atoms with Crippen molar-refractivity contribution in [2.75, 3.05) is 6.67 Å². The summed E-state index contributed by atoms with van der Waals surface area (Å²) in [5.41, 5.74) is -2.81. The van der Waals surface area contributed by atoms with Gasteiger partial charge in [-0.25, -0.2) is 17.6 Å². The molecule has 0 amide bonds. The molecule has 1 fully saturated rings. The predicted octanol–water partition coefficient (Wildman–Crippen LogP) is 1.70. The first kappa shape index (κ1) is 5.85. The Bertz CT molecular complexity index is 111. The quantitative estimate of drug-likeness (QED) is 0.471. The largest absolute Gasteiger partial charge is 0.287 e. The van der Waals surface area contributed by atoms with Crippen LogP contribution in [0, 0.1) is 0 Å². The predicted molar refractivity (Wildman–Crippen MR) is 19.4 cm³/mol. The zero-order valence-corrected chi connectivity index (χ0v) is 3.93. The first-order chi connectivity index (χ1) is 3.52. The summed E-state index contributed by atoms with van der Waals surface area (Å²) in [5.74, 6) is -3.39. The van der Waals surface area contributed by atoms with E-state index in [9.17, 15) is 17.6 Å². The maximum Gasteiger partial charge on any atom is 0.287 e. The van der Waals surface area contributed by atoms with E-state index >= 15 is 0 Å². The normalized spacial score (nSPS) is 42.0. The van der Waals surface area contributed by atoms with Gasteiger partial charge in [0.05, 0.1) is 6.42 Å². The minimum Gasteiger partial charge on any atom is -0.247 e. The van der Waals surface area contributed by atoms with Gasteiger partial charge in [-0.1, -0.05) is 0 Å². The number of halogens is 4. The number of hydrogen-bond acceptors (Lipinski definition) is 0. The van der Waals surface area contributed by atoms with Crippen LogP contribution >= 0.6 is 0 Å². The minimum absolute atomic E-state index is 0.948. The Kier molecular flexibility index (Phi) is 0.854. The van der Waals surface area contributed by atoms with Crippen LogP contribution in [0.25, 0.3) is 0 Å². The lowest BCUT2D eigenvalue weighted by atomic mass is 10.4. The molecule has 1 rings (SSSR count). The summed E-state index contributed by atoms with van der Waals surface area (Å²) in [6, 6.07) is 0. The molecule has 1 aliphatic rings. The fraction of sp³-hybridized carbons (Fsp3) is 1.00. The molecule has 1 atom stereocenters. The van der Waals surface area contributed by atoms with E-state index in [-0.39, 0.29) is 0 Å². The highest BCUT2D eigenvalue weighted by atomic mass is 19.3. The van der Waals surface area contributed by atoms with Crippen molar-refractivity contribution < 1.29 is 17.6 Å². The average Bonchev–Trinajstić information content (AvgIpc) is 2.10. The minimum atomic E-state index is -3.39.